The van der Waals surface area contributed by atoms with Gasteiger partial charge < -0.3 is 31.4 Å². The van der Waals surface area contributed by atoms with Crippen LogP contribution in [0.4, 0.5) is 0 Å². The van der Waals surface area contributed by atoms with E-state index in [0.717, 1.165) is 16.5 Å². The molecular formula is C25H35N5O5S. The van der Waals surface area contributed by atoms with E-state index < -0.39 is 42.0 Å². The van der Waals surface area contributed by atoms with Gasteiger partial charge in [0.25, 0.3) is 0 Å². The molecule has 1 fully saturated rings. The highest BCUT2D eigenvalue weighted by Gasteiger charge is 2.38. The van der Waals surface area contributed by atoms with Crippen LogP contribution in [0.2, 0.25) is 0 Å². The number of para-hydroxylation sites is 1. The third kappa shape index (κ3) is 6.19. The Morgan fingerprint density at radius 3 is 2.64 bits per heavy atom. The Bertz CT molecular complexity index is 1110. The van der Waals surface area contributed by atoms with Gasteiger partial charge in [-0.2, -0.15) is 12.6 Å². The SMILES string of the molecule is CCC(C)C(NC(=O)C(CS)NC(=O)C1CCCN1C(=O)C(N)Cc1c[nH]c2ccccc12)C(=O)O. The number of aromatic amines is 1. The maximum Gasteiger partial charge on any atom is 0.326 e. The van der Waals surface area contributed by atoms with Crippen LogP contribution >= 0.6 is 12.6 Å². The number of benzene rings is 1. The number of aliphatic carboxylic acids is 1. The first-order valence-electron chi connectivity index (χ1n) is 12.2. The molecule has 5 atom stereocenters. The van der Waals surface area contributed by atoms with E-state index in [9.17, 15) is 24.3 Å². The summed E-state index contributed by atoms with van der Waals surface area (Å²) < 4.78 is 0. The number of aromatic nitrogens is 1. The number of carbonyl (C=O) groups is 4. The van der Waals surface area contributed by atoms with Gasteiger partial charge in [0.15, 0.2) is 0 Å². The van der Waals surface area contributed by atoms with Crippen molar-refractivity contribution in [1.29, 1.82) is 0 Å². The van der Waals surface area contributed by atoms with E-state index in [1.54, 1.807) is 6.92 Å². The zero-order valence-electron chi connectivity index (χ0n) is 20.6. The van der Waals surface area contributed by atoms with E-state index >= 15 is 0 Å². The van der Waals surface area contributed by atoms with Gasteiger partial charge in [-0.25, -0.2) is 4.79 Å². The van der Waals surface area contributed by atoms with Gasteiger partial charge in [0, 0.05) is 29.4 Å². The van der Waals surface area contributed by atoms with Crippen molar-refractivity contribution in [3.8, 4) is 0 Å². The van der Waals surface area contributed by atoms with Crippen molar-refractivity contribution in [3.63, 3.8) is 0 Å². The highest BCUT2D eigenvalue weighted by atomic mass is 32.1. The molecule has 196 valence electrons. The molecule has 2 aromatic rings. The van der Waals surface area contributed by atoms with Crippen LogP contribution in [-0.4, -0.2) is 75.1 Å². The smallest absolute Gasteiger partial charge is 0.326 e. The first-order chi connectivity index (χ1) is 17.2. The predicted octanol–water partition coefficient (Wildman–Crippen LogP) is 1.06. The largest absolute Gasteiger partial charge is 0.480 e. The van der Waals surface area contributed by atoms with Crippen LogP contribution in [0, 0.1) is 5.92 Å². The number of hydrogen-bond acceptors (Lipinski definition) is 6. The molecule has 0 aliphatic carbocycles. The molecule has 1 aromatic heterocycles. The summed E-state index contributed by atoms with van der Waals surface area (Å²) in [5.74, 6) is -2.89. The summed E-state index contributed by atoms with van der Waals surface area (Å²) >= 11 is 4.17. The van der Waals surface area contributed by atoms with Crippen molar-refractivity contribution >= 4 is 47.2 Å². The molecule has 0 radical (unpaired) electrons. The number of carbonyl (C=O) groups excluding carboxylic acids is 3. The Morgan fingerprint density at radius 2 is 1.97 bits per heavy atom. The van der Waals surface area contributed by atoms with Crippen molar-refractivity contribution in [2.45, 2.75) is 63.7 Å². The molecule has 1 aromatic carbocycles. The van der Waals surface area contributed by atoms with Gasteiger partial charge in [0.2, 0.25) is 17.7 Å². The van der Waals surface area contributed by atoms with E-state index in [2.05, 4.69) is 28.2 Å². The molecule has 36 heavy (non-hydrogen) atoms. The molecule has 5 unspecified atom stereocenters. The van der Waals surface area contributed by atoms with E-state index in [-0.39, 0.29) is 17.6 Å². The quantitative estimate of drug-likeness (QED) is 0.245. The molecule has 6 N–H and O–H groups in total. The second-order valence-corrected chi connectivity index (χ2v) is 9.68. The Kier molecular flexibility index (Phi) is 9.38. The average molecular weight is 518 g/mol. The Morgan fingerprint density at radius 1 is 1.25 bits per heavy atom. The number of carboxylic acid groups (broad SMARTS) is 1. The molecule has 2 heterocycles. The van der Waals surface area contributed by atoms with E-state index in [0.29, 0.717) is 32.2 Å². The monoisotopic (exact) mass is 517 g/mol. The lowest BCUT2D eigenvalue weighted by molar-refractivity contribution is -0.144. The molecule has 3 amide bonds. The Labute approximate surface area is 215 Å². The molecule has 1 aliphatic heterocycles. The second-order valence-electron chi connectivity index (χ2n) is 9.31. The Hall–Kier alpha value is -3.05. The van der Waals surface area contributed by atoms with Crippen LogP contribution in [0.5, 0.6) is 0 Å². The van der Waals surface area contributed by atoms with Gasteiger partial charge in [-0.05, 0) is 36.8 Å². The number of nitrogens with one attached hydrogen (secondary N) is 3. The molecule has 3 rings (SSSR count). The molecule has 0 bridgehead atoms. The lowest BCUT2D eigenvalue weighted by Gasteiger charge is -2.28. The van der Waals surface area contributed by atoms with Gasteiger partial charge in [-0.1, -0.05) is 38.5 Å². The number of hydrogen-bond donors (Lipinski definition) is 6. The van der Waals surface area contributed by atoms with E-state index in [1.807, 2.05) is 37.4 Å². The summed E-state index contributed by atoms with van der Waals surface area (Å²) in [4.78, 5) is 55.2. The summed E-state index contributed by atoms with van der Waals surface area (Å²) in [7, 11) is 0. The third-order valence-electron chi connectivity index (χ3n) is 6.86. The minimum Gasteiger partial charge on any atom is -0.480 e. The predicted molar refractivity (Wildman–Crippen MR) is 140 cm³/mol. The zero-order valence-corrected chi connectivity index (χ0v) is 21.5. The summed E-state index contributed by atoms with van der Waals surface area (Å²) in [5.41, 5.74) is 8.16. The van der Waals surface area contributed by atoms with Crippen molar-refractivity contribution < 1.29 is 24.3 Å². The lowest BCUT2D eigenvalue weighted by Crippen LogP contribution is -2.58. The van der Waals surface area contributed by atoms with Gasteiger partial charge in [-0.15, -0.1) is 0 Å². The number of amides is 3. The first-order valence-corrected chi connectivity index (χ1v) is 12.9. The highest BCUT2D eigenvalue weighted by Crippen LogP contribution is 2.22. The Balaban J connectivity index is 1.64. The maximum absolute atomic E-state index is 13.2. The number of fused-ring (bicyclic) bond motifs is 1. The van der Waals surface area contributed by atoms with Crippen molar-refractivity contribution in [2.24, 2.45) is 11.7 Å². The summed E-state index contributed by atoms with van der Waals surface area (Å²) in [6, 6.07) is 4.05. The fraction of sp³-hybridized carbons (Fsp3) is 0.520. The molecule has 0 saturated carbocycles. The molecule has 1 aliphatic rings. The second kappa shape index (κ2) is 12.3. The van der Waals surface area contributed by atoms with Crippen molar-refractivity contribution in [3.05, 3.63) is 36.0 Å². The van der Waals surface area contributed by atoms with Crippen LogP contribution in [0.15, 0.2) is 30.5 Å². The van der Waals surface area contributed by atoms with Crippen LogP contribution in [0.1, 0.15) is 38.7 Å². The van der Waals surface area contributed by atoms with Crippen LogP contribution < -0.4 is 16.4 Å². The molecule has 11 heteroatoms. The normalized spacial score (nSPS) is 18.9. The number of nitrogens with zero attached hydrogens (tertiary/aromatic N) is 1. The zero-order chi connectivity index (χ0) is 26.4. The highest BCUT2D eigenvalue weighted by molar-refractivity contribution is 7.80. The number of rotatable bonds is 11. The van der Waals surface area contributed by atoms with Crippen LogP contribution in [0.3, 0.4) is 0 Å². The lowest BCUT2D eigenvalue weighted by atomic mass is 9.99. The number of thiol groups is 1. The number of carboxylic acids is 1. The molecular weight excluding hydrogens is 482 g/mol. The van der Waals surface area contributed by atoms with Crippen LogP contribution in [-0.2, 0) is 25.6 Å². The summed E-state index contributed by atoms with van der Waals surface area (Å²) in [6.45, 7) is 3.96. The standard InChI is InChI=1S/C25H35N5O5S/c1-3-14(2)21(25(34)35)29-22(31)19(13-36)28-23(32)20-9-6-10-30(20)24(33)17(26)11-15-12-27-18-8-5-4-7-16(15)18/h4-5,7-8,12,14,17,19-21,27,36H,3,6,9-11,13,26H2,1-2H3,(H,28,32)(H,29,31)(H,34,35). The fourth-order valence-corrected chi connectivity index (χ4v) is 4.80. The maximum atomic E-state index is 13.2. The van der Waals surface area contributed by atoms with Crippen molar-refractivity contribution in [2.75, 3.05) is 12.3 Å². The van der Waals surface area contributed by atoms with E-state index in [1.165, 1.54) is 4.90 Å². The molecule has 1 saturated heterocycles. The fourth-order valence-electron chi connectivity index (χ4n) is 4.54. The van der Waals surface area contributed by atoms with Gasteiger partial charge in [0.1, 0.15) is 18.1 Å². The summed E-state index contributed by atoms with van der Waals surface area (Å²) in [6.07, 6.45) is 3.81. The first kappa shape index (κ1) is 27.5. The number of H-pyrrole nitrogens is 1. The average Bonchev–Trinajstić information content (AvgIpc) is 3.52. The van der Waals surface area contributed by atoms with Gasteiger partial charge in [-0.3, -0.25) is 14.4 Å². The molecule has 0 spiro atoms. The molecule has 10 nitrogen and oxygen atoms in total. The van der Waals surface area contributed by atoms with Crippen LogP contribution in [0.25, 0.3) is 10.9 Å². The topological polar surface area (TPSA) is 158 Å². The van der Waals surface area contributed by atoms with Gasteiger partial charge in [0.05, 0.1) is 6.04 Å². The number of likely N-dealkylation sites (tertiary alicyclic amines) is 1. The van der Waals surface area contributed by atoms with E-state index in [4.69, 9.17) is 5.73 Å². The minimum atomic E-state index is -1.14. The minimum absolute atomic E-state index is 0.0227. The number of nitrogens with two attached hydrogens (primary N) is 1. The third-order valence-corrected chi connectivity index (χ3v) is 7.23. The summed E-state index contributed by atoms with van der Waals surface area (Å²) in [5, 5.41) is 15.6. The van der Waals surface area contributed by atoms with Gasteiger partial charge >= 0.3 is 5.97 Å². The van der Waals surface area contributed by atoms with Crippen molar-refractivity contribution in [1.82, 2.24) is 20.5 Å².